The van der Waals surface area contributed by atoms with Crippen LogP contribution >= 0.6 is 0 Å². The molecule has 218 valence electrons. The van der Waals surface area contributed by atoms with Crippen LogP contribution in [0.5, 0.6) is 0 Å². The van der Waals surface area contributed by atoms with E-state index in [0.29, 0.717) is 39.1 Å². The molecule has 0 radical (unpaired) electrons. The lowest BCUT2D eigenvalue weighted by atomic mass is 9.92. The zero-order valence-electron chi connectivity index (χ0n) is 22.3. The summed E-state index contributed by atoms with van der Waals surface area (Å²) in [7, 11) is 0. The molecule has 3 saturated carbocycles. The van der Waals surface area contributed by atoms with E-state index in [0.717, 1.165) is 77.4 Å². The van der Waals surface area contributed by atoms with Gasteiger partial charge in [0.15, 0.2) is 0 Å². The summed E-state index contributed by atoms with van der Waals surface area (Å²) in [5.74, 6) is 0. The average Bonchev–Trinajstić information content (AvgIpc) is 2.88. The molecule has 0 aromatic carbocycles. The fraction of sp³-hybridized carbons (Fsp3) is 1.00. The van der Waals surface area contributed by atoms with E-state index in [1.54, 1.807) is 0 Å². The Morgan fingerprint density at radius 2 is 0.757 bits per heavy atom. The van der Waals surface area contributed by atoms with Crippen LogP contribution in [0.1, 0.15) is 77.0 Å². The van der Waals surface area contributed by atoms with Crippen molar-refractivity contribution in [3.05, 3.63) is 0 Å². The van der Waals surface area contributed by atoms with Crippen molar-refractivity contribution in [2.24, 2.45) is 0 Å². The van der Waals surface area contributed by atoms with Crippen molar-refractivity contribution in [1.82, 2.24) is 4.90 Å². The van der Waals surface area contributed by atoms with Crippen molar-refractivity contribution in [2.45, 2.75) is 132 Å². The fourth-order valence-electron chi connectivity index (χ4n) is 5.80. The zero-order chi connectivity index (χ0) is 26.6. The zero-order valence-corrected chi connectivity index (χ0v) is 22.3. The molecule has 0 heterocycles. The van der Waals surface area contributed by atoms with Gasteiger partial charge in [-0.05, 0) is 77.0 Å². The topological polar surface area (TPSA) is 152 Å². The third-order valence-electron chi connectivity index (χ3n) is 8.14. The van der Waals surface area contributed by atoms with Crippen molar-refractivity contribution in [1.29, 1.82) is 0 Å². The molecule has 37 heavy (non-hydrogen) atoms. The molecule has 9 unspecified atom stereocenters. The molecule has 3 rings (SSSR count). The number of nitrogens with zero attached hydrogens (tertiary/aromatic N) is 1. The summed E-state index contributed by atoms with van der Waals surface area (Å²) in [6, 6.07) is 0. The molecule has 3 aliphatic carbocycles. The second kappa shape index (κ2) is 16.6. The molecular formula is C27H51NO9. The van der Waals surface area contributed by atoms with Crippen LogP contribution in [0.2, 0.25) is 0 Å². The Bertz CT molecular complexity index is 534. The minimum atomic E-state index is -0.818. The molecule has 10 heteroatoms. The number of ether oxygens (including phenoxy) is 3. The van der Waals surface area contributed by atoms with Gasteiger partial charge < -0.3 is 49.7 Å². The van der Waals surface area contributed by atoms with Crippen LogP contribution in [0, 0.1) is 0 Å². The average molecular weight is 534 g/mol. The first kappa shape index (κ1) is 31.1. The van der Waals surface area contributed by atoms with Crippen LogP contribution in [0.3, 0.4) is 0 Å². The Labute approximate surface area is 221 Å². The van der Waals surface area contributed by atoms with Crippen molar-refractivity contribution < 1.29 is 44.8 Å². The van der Waals surface area contributed by atoms with E-state index in [2.05, 4.69) is 4.90 Å². The van der Waals surface area contributed by atoms with Crippen LogP contribution < -0.4 is 0 Å². The van der Waals surface area contributed by atoms with Crippen LogP contribution in [0.4, 0.5) is 0 Å². The quantitative estimate of drug-likeness (QED) is 0.162. The van der Waals surface area contributed by atoms with Gasteiger partial charge in [0, 0.05) is 39.5 Å². The normalized spacial score (nSPS) is 37.2. The third kappa shape index (κ3) is 10.3. The van der Waals surface area contributed by atoms with Gasteiger partial charge >= 0.3 is 0 Å². The first-order chi connectivity index (χ1) is 17.9. The van der Waals surface area contributed by atoms with Crippen molar-refractivity contribution >= 4 is 0 Å². The number of hydrogen-bond donors (Lipinski definition) is 6. The molecule has 9 atom stereocenters. The first-order valence-electron chi connectivity index (χ1n) is 14.5. The van der Waals surface area contributed by atoms with E-state index >= 15 is 0 Å². The highest BCUT2D eigenvalue weighted by molar-refractivity contribution is 4.84. The van der Waals surface area contributed by atoms with Crippen molar-refractivity contribution in [3.63, 3.8) is 0 Å². The van der Waals surface area contributed by atoms with E-state index < -0.39 is 36.6 Å². The SMILES string of the molecule is OC1CCCC(OCCCN(CCCOC2CCCC(O)C2O)CCCOC2CCCC(O)C2O)C1O. The van der Waals surface area contributed by atoms with Gasteiger partial charge in [-0.1, -0.05) is 0 Å². The Balaban J connectivity index is 1.37. The Kier molecular flexibility index (Phi) is 14.0. The molecule has 10 nitrogen and oxygen atoms in total. The van der Waals surface area contributed by atoms with E-state index in [-0.39, 0.29) is 18.3 Å². The van der Waals surface area contributed by atoms with Gasteiger partial charge in [-0.25, -0.2) is 0 Å². The van der Waals surface area contributed by atoms with Crippen LogP contribution in [0.25, 0.3) is 0 Å². The number of aliphatic hydroxyl groups excluding tert-OH is 6. The lowest BCUT2D eigenvalue weighted by Gasteiger charge is -2.32. The van der Waals surface area contributed by atoms with E-state index in [1.807, 2.05) is 0 Å². The molecule has 0 aliphatic heterocycles. The summed E-state index contributed by atoms with van der Waals surface area (Å²) in [6.45, 7) is 3.95. The maximum Gasteiger partial charge on any atom is 0.106 e. The molecule has 0 spiro atoms. The Hall–Kier alpha value is -0.400. The Morgan fingerprint density at radius 3 is 1.05 bits per heavy atom. The highest BCUT2D eigenvalue weighted by Crippen LogP contribution is 2.24. The Morgan fingerprint density at radius 1 is 0.459 bits per heavy atom. The predicted molar refractivity (Wildman–Crippen MR) is 137 cm³/mol. The summed E-state index contributed by atoms with van der Waals surface area (Å²) in [5.41, 5.74) is 0. The fourth-order valence-corrected chi connectivity index (χ4v) is 5.80. The van der Waals surface area contributed by atoms with Gasteiger partial charge in [0.05, 0.1) is 36.6 Å². The van der Waals surface area contributed by atoms with Gasteiger partial charge in [-0.2, -0.15) is 0 Å². The summed E-state index contributed by atoms with van der Waals surface area (Å²) in [6.07, 6.45) is 3.59. The van der Waals surface area contributed by atoms with E-state index in [9.17, 15) is 30.6 Å². The van der Waals surface area contributed by atoms with E-state index in [4.69, 9.17) is 14.2 Å². The highest BCUT2D eigenvalue weighted by Gasteiger charge is 2.32. The molecule has 0 saturated heterocycles. The van der Waals surface area contributed by atoms with Crippen LogP contribution in [-0.4, -0.2) is 130 Å². The number of hydrogen-bond acceptors (Lipinski definition) is 10. The van der Waals surface area contributed by atoms with Crippen molar-refractivity contribution in [3.8, 4) is 0 Å². The third-order valence-corrected chi connectivity index (χ3v) is 8.14. The van der Waals surface area contributed by atoms with Crippen LogP contribution in [0.15, 0.2) is 0 Å². The second-order valence-corrected chi connectivity index (χ2v) is 11.1. The van der Waals surface area contributed by atoms with Gasteiger partial charge in [0.25, 0.3) is 0 Å². The van der Waals surface area contributed by atoms with Gasteiger partial charge in [-0.3, -0.25) is 0 Å². The molecule has 0 amide bonds. The van der Waals surface area contributed by atoms with Crippen molar-refractivity contribution in [2.75, 3.05) is 39.5 Å². The minimum Gasteiger partial charge on any atom is -0.390 e. The molecule has 0 aromatic heterocycles. The predicted octanol–water partition coefficient (Wildman–Crippen LogP) is 0.331. The molecule has 0 bridgehead atoms. The monoisotopic (exact) mass is 533 g/mol. The molecule has 3 fully saturated rings. The first-order valence-corrected chi connectivity index (χ1v) is 14.5. The second-order valence-electron chi connectivity index (χ2n) is 11.1. The maximum atomic E-state index is 10.1. The standard InChI is InChI=1S/C27H51NO9/c29-19-7-1-10-22(25(19)32)35-16-4-13-28(14-5-17-36-23-11-2-8-20(30)26(23)33)15-6-18-37-24-12-3-9-21(31)27(24)34/h19-27,29-34H,1-18H2. The summed E-state index contributed by atoms with van der Waals surface area (Å²) >= 11 is 0. The molecule has 6 N–H and O–H groups in total. The summed E-state index contributed by atoms with van der Waals surface area (Å²) in [5, 5.41) is 60.0. The highest BCUT2D eigenvalue weighted by atomic mass is 16.5. The molecular weight excluding hydrogens is 482 g/mol. The minimum absolute atomic E-state index is 0.312. The maximum absolute atomic E-state index is 10.1. The van der Waals surface area contributed by atoms with Crippen LogP contribution in [-0.2, 0) is 14.2 Å². The summed E-state index contributed by atoms with van der Waals surface area (Å²) in [4.78, 5) is 2.32. The van der Waals surface area contributed by atoms with E-state index in [1.165, 1.54) is 0 Å². The lowest BCUT2D eigenvalue weighted by Crippen LogP contribution is -2.43. The smallest absolute Gasteiger partial charge is 0.106 e. The number of aliphatic hydroxyl groups is 6. The molecule has 0 aromatic rings. The van der Waals surface area contributed by atoms with Gasteiger partial charge in [0.1, 0.15) is 18.3 Å². The lowest BCUT2D eigenvalue weighted by molar-refractivity contribution is -0.116. The number of rotatable bonds is 15. The summed E-state index contributed by atoms with van der Waals surface area (Å²) < 4.78 is 17.6. The van der Waals surface area contributed by atoms with Gasteiger partial charge in [0.2, 0.25) is 0 Å². The van der Waals surface area contributed by atoms with Gasteiger partial charge in [-0.15, -0.1) is 0 Å². The molecule has 3 aliphatic rings. The largest absolute Gasteiger partial charge is 0.390 e.